The van der Waals surface area contributed by atoms with Gasteiger partial charge in [-0.25, -0.2) is 4.68 Å². The molecule has 0 spiro atoms. The third kappa shape index (κ3) is 3.79. The number of hydrogen-bond donors (Lipinski definition) is 3. The molecule has 0 amide bonds. The van der Waals surface area contributed by atoms with Crippen LogP contribution in [0.5, 0.6) is 0 Å². The number of rotatable bonds is 4. The Labute approximate surface area is 175 Å². The van der Waals surface area contributed by atoms with Gasteiger partial charge in [-0.05, 0) is 37.5 Å². The van der Waals surface area contributed by atoms with E-state index in [4.69, 9.17) is 0 Å². The predicted octanol–water partition coefficient (Wildman–Crippen LogP) is 2.34. The molecule has 3 heterocycles. The normalized spacial score (nSPS) is 23.9. The molecule has 8 nitrogen and oxygen atoms in total. The Bertz CT molecular complexity index is 1110. The van der Waals surface area contributed by atoms with Gasteiger partial charge in [0.2, 0.25) is 5.95 Å². The molecule has 1 saturated heterocycles. The van der Waals surface area contributed by atoms with E-state index in [-0.39, 0.29) is 17.8 Å². The topological polar surface area (TPSA) is 99.3 Å². The van der Waals surface area contributed by atoms with E-state index in [9.17, 15) is 23.4 Å². The van der Waals surface area contributed by atoms with Gasteiger partial charge in [-0.3, -0.25) is 0 Å². The fraction of sp³-hybridized carbons (Fsp3) is 0.450. The van der Waals surface area contributed by atoms with Gasteiger partial charge >= 0.3 is 6.18 Å². The summed E-state index contributed by atoms with van der Waals surface area (Å²) in [6.45, 7) is 1.01. The van der Waals surface area contributed by atoms with Gasteiger partial charge in [0.1, 0.15) is 5.82 Å². The summed E-state index contributed by atoms with van der Waals surface area (Å²) in [7, 11) is 0. The molecule has 1 aliphatic heterocycles. The lowest BCUT2D eigenvalue weighted by Gasteiger charge is -2.32. The Balaban J connectivity index is 1.60. The van der Waals surface area contributed by atoms with E-state index in [1.165, 1.54) is 16.9 Å². The third-order valence-electron chi connectivity index (χ3n) is 5.74. The van der Waals surface area contributed by atoms with Crippen LogP contribution in [0.1, 0.15) is 24.8 Å². The highest BCUT2D eigenvalue weighted by molar-refractivity contribution is 5.89. The summed E-state index contributed by atoms with van der Waals surface area (Å²) in [6, 6.07) is 4.94. The second kappa shape index (κ2) is 7.34. The number of β-amino-alcohol motifs (C(OH)–C–C–N with tert-alkyl or cyclic N) is 1. The lowest BCUT2D eigenvalue weighted by Crippen LogP contribution is -2.39. The van der Waals surface area contributed by atoms with Gasteiger partial charge in [0.25, 0.3) is 0 Å². The number of nitrogens with zero attached hydrogens (tertiary/aromatic N) is 5. The number of aliphatic hydroxyl groups excluding tert-OH is 2. The largest absolute Gasteiger partial charge is 0.416 e. The van der Waals surface area contributed by atoms with Crippen molar-refractivity contribution in [2.45, 2.75) is 43.7 Å². The Hall–Kier alpha value is -2.92. The summed E-state index contributed by atoms with van der Waals surface area (Å²) < 4.78 is 41.0. The molecule has 1 aromatic carbocycles. The maximum atomic E-state index is 13.2. The number of anilines is 2. The second-order valence-electron chi connectivity index (χ2n) is 8.07. The molecule has 0 unspecified atom stereocenters. The zero-order valence-electron chi connectivity index (χ0n) is 16.4. The minimum absolute atomic E-state index is 0.0226. The van der Waals surface area contributed by atoms with Crippen LogP contribution in [0.25, 0.3) is 16.7 Å². The van der Waals surface area contributed by atoms with Gasteiger partial charge in [-0.1, -0.05) is 6.07 Å². The van der Waals surface area contributed by atoms with Gasteiger partial charge in [0, 0.05) is 19.1 Å². The molecule has 164 valence electrons. The molecular formula is C20H21F3N6O2. The van der Waals surface area contributed by atoms with E-state index in [1.807, 2.05) is 4.90 Å². The standard InChI is InChI=1S/C20H21F3N6O2/c21-20(22,23)11-2-1-3-13(6-11)29-18-16(9-24-29)17(28-5-4-14(30)10-28)26-19(27-18)25-12-7-15(31)8-12/h1-3,6,9,12,14-15,30-31H,4-5,7-8,10H2,(H,25,26,27)/t12?,14-,15?/m1/s1. The molecular weight excluding hydrogens is 413 g/mol. The highest BCUT2D eigenvalue weighted by Gasteiger charge is 2.32. The van der Waals surface area contributed by atoms with Crippen molar-refractivity contribution in [2.24, 2.45) is 0 Å². The van der Waals surface area contributed by atoms with Crippen LogP contribution in [-0.2, 0) is 6.18 Å². The highest BCUT2D eigenvalue weighted by Crippen LogP contribution is 2.33. The van der Waals surface area contributed by atoms with Crippen LogP contribution < -0.4 is 10.2 Å². The lowest BCUT2D eigenvalue weighted by molar-refractivity contribution is -0.137. The van der Waals surface area contributed by atoms with Crippen LogP contribution in [-0.4, -0.2) is 61.3 Å². The van der Waals surface area contributed by atoms with Gasteiger partial charge < -0.3 is 20.4 Å². The van der Waals surface area contributed by atoms with Crippen molar-refractivity contribution in [1.29, 1.82) is 0 Å². The Morgan fingerprint density at radius 3 is 2.58 bits per heavy atom. The predicted molar refractivity (Wildman–Crippen MR) is 107 cm³/mol. The first kappa shape index (κ1) is 20.0. The smallest absolute Gasteiger partial charge is 0.393 e. The second-order valence-corrected chi connectivity index (χ2v) is 8.07. The number of fused-ring (bicyclic) bond motifs is 1. The number of alkyl halides is 3. The number of nitrogens with one attached hydrogen (secondary N) is 1. The van der Waals surface area contributed by atoms with Crippen molar-refractivity contribution >= 4 is 22.8 Å². The zero-order chi connectivity index (χ0) is 21.8. The van der Waals surface area contributed by atoms with Crippen molar-refractivity contribution in [3.8, 4) is 5.69 Å². The average molecular weight is 434 g/mol. The van der Waals surface area contributed by atoms with Crippen molar-refractivity contribution in [3.63, 3.8) is 0 Å². The molecule has 2 aromatic heterocycles. The average Bonchev–Trinajstić information content (AvgIpc) is 3.32. The van der Waals surface area contributed by atoms with Crippen molar-refractivity contribution in [3.05, 3.63) is 36.0 Å². The van der Waals surface area contributed by atoms with Crippen molar-refractivity contribution in [1.82, 2.24) is 19.7 Å². The molecule has 31 heavy (non-hydrogen) atoms. The Morgan fingerprint density at radius 1 is 1.10 bits per heavy atom. The molecule has 3 N–H and O–H groups in total. The summed E-state index contributed by atoms with van der Waals surface area (Å²) in [4.78, 5) is 11.1. The number of benzene rings is 1. The molecule has 11 heteroatoms. The van der Waals surface area contributed by atoms with Crippen LogP contribution in [0.3, 0.4) is 0 Å². The number of aromatic nitrogens is 4. The third-order valence-corrected chi connectivity index (χ3v) is 5.74. The van der Waals surface area contributed by atoms with E-state index < -0.39 is 17.8 Å². The Kier molecular flexibility index (Phi) is 4.74. The maximum Gasteiger partial charge on any atom is 0.416 e. The Morgan fingerprint density at radius 2 is 1.90 bits per heavy atom. The quantitative estimate of drug-likeness (QED) is 0.580. The molecule has 5 rings (SSSR count). The van der Waals surface area contributed by atoms with Crippen LogP contribution >= 0.6 is 0 Å². The van der Waals surface area contributed by atoms with Crippen LogP contribution in [0.15, 0.2) is 30.5 Å². The lowest BCUT2D eigenvalue weighted by atomic mass is 9.90. The summed E-state index contributed by atoms with van der Waals surface area (Å²) in [5.74, 6) is 0.886. The van der Waals surface area contributed by atoms with Crippen molar-refractivity contribution < 1.29 is 23.4 Å². The molecule has 2 fully saturated rings. The summed E-state index contributed by atoms with van der Waals surface area (Å²) in [6.07, 6.45) is -2.01. The van der Waals surface area contributed by atoms with E-state index >= 15 is 0 Å². The first-order valence-electron chi connectivity index (χ1n) is 10.1. The first-order valence-corrected chi connectivity index (χ1v) is 10.1. The molecule has 0 bridgehead atoms. The van der Waals surface area contributed by atoms with Gasteiger partial charge in [-0.15, -0.1) is 0 Å². The van der Waals surface area contributed by atoms with Gasteiger partial charge in [-0.2, -0.15) is 28.2 Å². The molecule has 0 radical (unpaired) electrons. The minimum atomic E-state index is -4.47. The zero-order valence-corrected chi connectivity index (χ0v) is 16.4. The fourth-order valence-corrected chi connectivity index (χ4v) is 4.02. The van der Waals surface area contributed by atoms with E-state index in [0.717, 1.165) is 12.1 Å². The summed E-state index contributed by atoms with van der Waals surface area (Å²) >= 11 is 0. The van der Waals surface area contributed by atoms with E-state index in [0.29, 0.717) is 55.2 Å². The van der Waals surface area contributed by atoms with Crippen LogP contribution in [0.4, 0.5) is 24.9 Å². The highest BCUT2D eigenvalue weighted by atomic mass is 19.4. The monoisotopic (exact) mass is 434 g/mol. The van der Waals surface area contributed by atoms with Crippen LogP contribution in [0.2, 0.25) is 0 Å². The number of aliphatic hydroxyl groups is 2. The molecule has 1 atom stereocenters. The molecule has 1 aliphatic carbocycles. The number of halogens is 3. The van der Waals surface area contributed by atoms with Crippen LogP contribution in [0, 0.1) is 0 Å². The fourth-order valence-electron chi connectivity index (χ4n) is 4.02. The minimum Gasteiger partial charge on any atom is -0.393 e. The molecule has 3 aromatic rings. The molecule has 1 saturated carbocycles. The van der Waals surface area contributed by atoms with E-state index in [1.54, 1.807) is 6.07 Å². The molecule has 2 aliphatic rings. The number of hydrogen-bond acceptors (Lipinski definition) is 7. The van der Waals surface area contributed by atoms with Gasteiger partial charge in [0.05, 0.1) is 35.0 Å². The first-order chi connectivity index (χ1) is 14.8. The SMILES string of the molecule is OC1CC(Nc2nc(N3CC[C@@H](O)C3)c3cnn(-c4cccc(C(F)(F)F)c4)c3n2)C1. The van der Waals surface area contributed by atoms with E-state index in [2.05, 4.69) is 20.4 Å². The van der Waals surface area contributed by atoms with Crippen molar-refractivity contribution in [2.75, 3.05) is 23.3 Å². The van der Waals surface area contributed by atoms with Gasteiger partial charge in [0.15, 0.2) is 5.65 Å². The summed E-state index contributed by atoms with van der Waals surface area (Å²) in [5.41, 5.74) is -0.165. The maximum absolute atomic E-state index is 13.2. The summed E-state index contributed by atoms with van der Waals surface area (Å²) in [5, 5.41) is 27.6.